The third-order valence-electron chi connectivity index (χ3n) is 6.52. The van der Waals surface area contributed by atoms with Crippen LogP contribution in [0.2, 0.25) is 0 Å². The molecule has 2 saturated heterocycles. The summed E-state index contributed by atoms with van der Waals surface area (Å²) in [5, 5.41) is 13.1. The lowest BCUT2D eigenvalue weighted by atomic mass is 10.1. The van der Waals surface area contributed by atoms with Crippen LogP contribution in [0, 0.1) is 0 Å². The van der Waals surface area contributed by atoms with Crippen molar-refractivity contribution in [3.63, 3.8) is 0 Å². The molecule has 3 heterocycles. The lowest BCUT2D eigenvalue weighted by molar-refractivity contribution is -0.119. The number of aromatic nitrogens is 3. The molecule has 2 fully saturated rings. The summed E-state index contributed by atoms with van der Waals surface area (Å²) in [6.45, 7) is 9.23. The van der Waals surface area contributed by atoms with Crippen LogP contribution >= 0.6 is 11.8 Å². The van der Waals surface area contributed by atoms with Gasteiger partial charge in [-0.2, -0.15) is 0 Å². The molecule has 32 heavy (non-hydrogen) atoms. The van der Waals surface area contributed by atoms with Crippen molar-refractivity contribution in [3.05, 3.63) is 41.7 Å². The van der Waals surface area contributed by atoms with Gasteiger partial charge in [-0.15, -0.1) is 10.2 Å². The van der Waals surface area contributed by atoms with Crippen molar-refractivity contribution in [2.24, 2.45) is 0 Å². The SMILES string of the molecule is CCN1CCC(NC(=O)CSc2nnc(CN3CCCCC3)n2Cc2ccccc2)CC1. The van der Waals surface area contributed by atoms with Gasteiger partial charge in [0.05, 0.1) is 18.8 Å². The summed E-state index contributed by atoms with van der Waals surface area (Å²) in [6, 6.07) is 10.7. The first-order valence-corrected chi connectivity index (χ1v) is 13.0. The molecule has 2 aromatic rings. The molecule has 2 aliphatic rings. The Morgan fingerprint density at radius 2 is 1.75 bits per heavy atom. The zero-order valence-electron chi connectivity index (χ0n) is 19.2. The molecule has 0 bridgehead atoms. The van der Waals surface area contributed by atoms with E-state index in [-0.39, 0.29) is 5.91 Å². The Hall–Kier alpha value is -1.90. The summed E-state index contributed by atoms with van der Waals surface area (Å²) in [4.78, 5) is 17.5. The van der Waals surface area contributed by atoms with Crippen LogP contribution in [0.1, 0.15) is 50.4 Å². The topological polar surface area (TPSA) is 66.3 Å². The van der Waals surface area contributed by atoms with E-state index in [2.05, 4.69) is 61.1 Å². The molecule has 4 rings (SSSR count). The molecule has 7 nitrogen and oxygen atoms in total. The molecular weight excluding hydrogens is 420 g/mol. The van der Waals surface area contributed by atoms with Crippen molar-refractivity contribution >= 4 is 17.7 Å². The fraction of sp³-hybridized carbons (Fsp3) is 0.625. The van der Waals surface area contributed by atoms with Gasteiger partial charge in [0.2, 0.25) is 5.91 Å². The zero-order chi connectivity index (χ0) is 22.2. The molecule has 174 valence electrons. The third-order valence-corrected chi connectivity index (χ3v) is 7.49. The Kier molecular flexibility index (Phi) is 8.59. The van der Waals surface area contributed by atoms with Crippen LogP contribution in [0.25, 0.3) is 0 Å². The molecular formula is C24H36N6OS. The maximum absolute atomic E-state index is 12.6. The first kappa shape index (κ1) is 23.3. The Morgan fingerprint density at radius 1 is 1.00 bits per heavy atom. The van der Waals surface area contributed by atoms with Crippen molar-refractivity contribution < 1.29 is 4.79 Å². The summed E-state index contributed by atoms with van der Waals surface area (Å²) < 4.78 is 2.20. The smallest absolute Gasteiger partial charge is 0.230 e. The number of nitrogens with zero attached hydrogens (tertiary/aromatic N) is 5. The van der Waals surface area contributed by atoms with E-state index in [0.29, 0.717) is 11.8 Å². The predicted octanol–water partition coefficient (Wildman–Crippen LogP) is 3.00. The number of carbonyl (C=O) groups excluding carboxylic acids is 1. The van der Waals surface area contributed by atoms with E-state index in [4.69, 9.17) is 0 Å². The van der Waals surface area contributed by atoms with Gasteiger partial charge in [0.1, 0.15) is 5.82 Å². The normalized spacial score (nSPS) is 18.7. The van der Waals surface area contributed by atoms with Crippen molar-refractivity contribution in [3.8, 4) is 0 Å². The van der Waals surface area contributed by atoms with Crippen molar-refractivity contribution in [1.82, 2.24) is 29.9 Å². The van der Waals surface area contributed by atoms with Crippen molar-refractivity contribution in [2.45, 2.75) is 63.3 Å². The highest BCUT2D eigenvalue weighted by Crippen LogP contribution is 2.21. The van der Waals surface area contributed by atoms with E-state index in [1.165, 1.54) is 36.6 Å². The number of rotatable bonds is 9. The number of piperidine rings is 2. The van der Waals surface area contributed by atoms with E-state index in [1.807, 2.05) is 6.07 Å². The molecule has 1 aromatic carbocycles. The first-order chi connectivity index (χ1) is 15.7. The summed E-state index contributed by atoms with van der Waals surface area (Å²) in [5.41, 5.74) is 1.22. The molecule has 0 saturated carbocycles. The average Bonchev–Trinajstić information content (AvgIpc) is 3.20. The highest BCUT2D eigenvalue weighted by atomic mass is 32.2. The van der Waals surface area contributed by atoms with Gasteiger partial charge in [-0.1, -0.05) is 55.4 Å². The van der Waals surface area contributed by atoms with Gasteiger partial charge in [0.15, 0.2) is 5.16 Å². The van der Waals surface area contributed by atoms with E-state index in [0.717, 1.165) is 69.6 Å². The van der Waals surface area contributed by atoms with Gasteiger partial charge in [-0.25, -0.2) is 0 Å². The summed E-state index contributed by atoms with van der Waals surface area (Å²) in [6.07, 6.45) is 5.90. The molecule has 1 aromatic heterocycles. The van der Waals surface area contributed by atoms with Crippen LogP contribution in [0.4, 0.5) is 0 Å². The lowest BCUT2D eigenvalue weighted by Crippen LogP contribution is -2.45. The summed E-state index contributed by atoms with van der Waals surface area (Å²) in [7, 11) is 0. The number of carbonyl (C=O) groups is 1. The van der Waals surface area contributed by atoms with Crippen LogP contribution in [-0.2, 0) is 17.9 Å². The molecule has 1 amide bonds. The summed E-state index contributed by atoms with van der Waals surface area (Å²) >= 11 is 1.50. The predicted molar refractivity (Wildman–Crippen MR) is 129 cm³/mol. The number of thioether (sulfide) groups is 1. The number of likely N-dealkylation sites (tertiary alicyclic amines) is 2. The van der Waals surface area contributed by atoms with Gasteiger partial charge in [-0.3, -0.25) is 9.69 Å². The fourth-order valence-electron chi connectivity index (χ4n) is 4.58. The van der Waals surface area contributed by atoms with E-state index >= 15 is 0 Å². The number of hydrogen-bond acceptors (Lipinski definition) is 6. The van der Waals surface area contributed by atoms with E-state index < -0.39 is 0 Å². The molecule has 0 atom stereocenters. The maximum atomic E-state index is 12.6. The second-order valence-electron chi connectivity index (χ2n) is 8.87. The number of hydrogen-bond donors (Lipinski definition) is 1. The molecule has 0 unspecified atom stereocenters. The monoisotopic (exact) mass is 456 g/mol. The Morgan fingerprint density at radius 3 is 2.47 bits per heavy atom. The average molecular weight is 457 g/mol. The molecule has 2 aliphatic heterocycles. The van der Waals surface area contributed by atoms with Crippen LogP contribution in [-0.4, -0.2) is 75.0 Å². The third kappa shape index (κ3) is 6.56. The minimum absolute atomic E-state index is 0.0943. The van der Waals surface area contributed by atoms with Gasteiger partial charge in [-0.05, 0) is 50.9 Å². The molecule has 8 heteroatoms. The molecule has 0 radical (unpaired) electrons. The number of amides is 1. The fourth-order valence-corrected chi connectivity index (χ4v) is 5.35. The largest absolute Gasteiger partial charge is 0.353 e. The van der Waals surface area contributed by atoms with E-state index in [1.54, 1.807) is 0 Å². The standard InChI is InChI=1S/C24H36N6OS/c1-2-28-15-11-21(12-16-28)25-23(31)19-32-24-27-26-22(18-29-13-7-4-8-14-29)30(24)17-20-9-5-3-6-10-20/h3,5-6,9-10,21H,2,4,7-8,11-19H2,1H3,(H,25,31). The molecule has 0 aliphatic carbocycles. The first-order valence-electron chi connectivity index (χ1n) is 12.0. The molecule has 1 N–H and O–H groups in total. The minimum Gasteiger partial charge on any atom is -0.353 e. The van der Waals surface area contributed by atoms with Gasteiger partial charge in [0, 0.05) is 19.1 Å². The number of benzene rings is 1. The van der Waals surface area contributed by atoms with Crippen LogP contribution in [0.5, 0.6) is 0 Å². The lowest BCUT2D eigenvalue weighted by Gasteiger charge is -2.31. The van der Waals surface area contributed by atoms with Crippen LogP contribution < -0.4 is 5.32 Å². The van der Waals surface area contributed by atoms with Gasteiger partial charge in [0.25, 0.3) is 0 Å². The quantitative estimate of drug-likeness (QED) is 0.585. The van der Waals surface area contributed by atoms with Gasteiger partial charge < -0.3 is 14.8 Å². The maximum Gasteiger partial charge on any atom is 0.230 e. The van der Waals surface area contributed by atoms with E-state index in [9.17, 15) is 4.79 Å². The van der Waals surface area contributed by atoms with Gasteiger partial charge >= 0.3 is 0 Å². The zero-order valence-corrected chi connectivity index (χ0v) is 20.0. The Balaban J connectivity index is 1.37. The summed E-state index contributed by atoms with van der Waals surface area (Å²) in [5.74, 6) is 1.47. The van der Waals surface area contributed by atoms with Crippen molar-refractivity contribution in [1.29, 1.82) is 0 Å². The second kappa shape index (κ2) is 11.8. The van der Waals surface area contributed by atoms with Crippen LogP contribution in [0.15, 0.2) is 35.5 Å². The minimum atomic E-state index is 0.0943. The second-order valence-corrected chi connectivity index (χ2v) is 9.81. The Labute approximate surface area is 195 Å². The molecule has 0 spiro atoms. The van der Waals surface area contributed by atoms with Crippen LogP contribution in [0.3, 0.4) is 0 Å². The Bertz CT molecular complexity index is 843. The van der Waals surface area contributed by atoms with Crippen molar-refractivity contribution in [2.75, 3.05) is 38.5 Å². The number of nitrogens with one attached hydrogen (secondary N) is 1. The highest BCUT2D eigenvalue weighted by Gasteiger charge is 2.21. The highest BCUT2D eigenvalue weighted by molar-refractivity contribution is 7.99.